The topological polar surface area (TPSA) is 47.6 Å². The van der Waals surface area contributed by atoms with Crippen LogP contribution < -0.4 is 14.8 Å². The molecule has 23 heavy (non-hydrogen) atoms. The first kappa shape index (κ1) is 16.9. The highest BCUT2D eigenvalue weighted by atomic mass is 16.5. The van der Waals surface area contributed by atoms with E-state index in [9.17, 15) is 4.79 Å². The molecule has 2 rings (SSSR count). The molecule has 1 amide bonds. The van der Waals surface area contributed by atoms with Gasteiger partial charge in [-0.15, -0.1) is 0 Å². The van der Waals surface area contributed by atoms with Crippen LogP contribution in [-0.4, -0.2) is 20.1 Å². The van der Waals surface area contributed by atoms with Gasteiger partial charge in [0.25, 0.3) is 5.91 Å². The van der Waals surface area contributed by atoms with Crippen molar-refractivity contribution in [3.63, 3.8) is 0 Å². The Morgan fingerprint density at radius 1 is 1.09 bits per heavy atom. The lowest BCUT2D eigenvalue weighted by Gasteiger charge is -2.19. The Labute approximate surface area is 137 Å². The molecule has 1 unspecified atom stereocenters. The monoisotopic (exact) mass is 313 g/mol. The van der Waals surface area contributed by atoms with E-state index in [0.29, 0.717) is 11.3 Å². The molecule has 0 aliphatic heterocycles. The number of hydrogen-bond acceptors (Lipinski definition) is 3. The zero-order valence-electron chi connectivity index (χ0n) is 14.3. The minimum atomic E-state index is -0.178. The highest BCUT2D eigenvalue weighted by molar-refractivity contribution is 5.96. The molecule has 4 nitrogen and oxygen atoms in total. The first-order valence-electron chi connectivity index (χ1n) is 7.57. The second-order valence-corrected chi connectivity index (χ2v) is 5.55. The first-order valence-corrected chi connectivity index (χ1v) is 7.57. The SMILES string of the molecule is COc1ccc(C(C)NC(=O)c2cccc(C)c2C)c(OC)c1. The van der Waals surface area contributed by atoms with Crippen LogP contribution in [-0.2, 0) is 0 Å². The van der Waals surface area contributed by atoms with Gasteiger partial charge >= 0.3 is 0 Å². The number of methoxy groups -OCH3 is 2. The van der Waals surface area contributed by atoms with Gasteiger partial charge in [-0.3, -0.25) is 4.79 Å². The summed E-state index contributed by atoms with van der Waals surface area (Å²) in [7, 11) is 3.22. The van der Waals surface area contributed by atoms with Crippen molar-refractivity contribution in [1.29, 1.82) is 0 Å². The lowest BCUT2D eigenvalue weighted by molar-refractivity contribution is 0.0939. The van der Waals surface area contributed by atoms with Gasteiger partial charge in [0.05, 0.1) is 20.3 Å². The minimum Gasteiger partial charge on any atom is -0.497 e. The molecule has 1 atom stereocenters. The molecule has 0 bridgehead atoms. The molecule has 0 aromatic heterocycles. The third-order valence-corrected chi connectivity index (χ3v) is 4.10. The van der Waals surface area contributed by atoms with Crippen LogP contribution in [0.2, 0.25) is 0 Å². The second-order valence-electron chi connectivity index (χ2n) is 5.55. The van der Waals surface area contributed by atoms with Gasteiger partial charge in [0.2, 0.25) is 0 Å². The van der Waals surface area contributed by atoms with E-state index in [2.05, 4.69) is 5.32 Å². The van der Waals surface area contributed by atoms with Crippen molar-refractivity contribution < 1.29 is 14.3 Å². The van der Waals surface area contributed by atoms with Gasteiger partial charge in [0.1, 0.15) is 11.5 Å². The zero-order valence-corrected chi connectivity index (χ0v) is 14.3. The van der Waals surface area contributed by atoms with Crippen molar-refractivity contribution in [3.8, 4) is 11.5 Å². The lowest BCUT2D eigenvalue weighted by atomic mass is 10.0. The number of nitrogens with one attached hydrogen (secondary N) is 1. The average Bonchev–Trinajstić information content (AvgIpc) is 2.56. The largest absolute Gasteiger partial charge is 0.497 e. The molecule has 0 fully saturated rings. The summed E-state index contributed by atoms with van der Waals surface area (Å²) >= 11 is 0. The van der Waals surface area contributed by atoms with Crippen molar-refractivity contribution in [3.05, 3.63) is 58.7 Å². The third kappa shape index (κ3) is 3.65. The molecule has 0 aliphatic rings. The summed E-state index contributed by atoms with van der Waals surface area (Å²) in [6, 6.07) is 11.1. The predicted octanol–water partition coefficient (Wildman–Crippen LogP) is 3.81. The van der Waals surface area contributed by atoms with Gasteiger partial charge in [0.15, 0.2) is 0 Å². The summed E-state index contributed by atoms with van der Waals surface area (Å²) in [6.45, 7) is 5.90. The molecular weight excluding hydrogens is 290 g/mol. The quantitative estimate of drug-likeness (QED) is 0.913. The van der Waals surface area contributed by atoms with Gasteiger partial charge in [-0.05, 0) is 50.1 Å². The fourth-order valence-electron chi connectivity index (χ4n) is 2.53. The first-order chi connectivity index (χ1) is 11.0. The summed E-state index contributed by atoms with van der Waals surface area (Å²) in [5.74, 6) is 1.33. The molecule has 0 radical (unpaired) electrons. The smallest absolute Gasteiger partial charge is 0.252 e. The predicted molar refractivity (Wildman–Crippen MR) is 91.3 cm³/mol. The van der Waals surface area contributed by atoms with E-state index < -0.39 is 0 Å². The average molecular weight is 313 g/mol. The van der Waals surface area contributed by atoms with Crippen LogP contribution in [0.25, 0.3) is 0 Å². The Kier molecular flexibility index (Phi) is 5.27. The summed E-state index contributed by atoms with van der Waals surface area (Å²) in [4.78, 5) is 12.5. The molecule has 2 aromatic rings. The number of ether oxygens (including phenoxy) is 2. The molecule has 4 heteroatoms. The van der Waals surface area contributed by atoms with E-state index in [-0.39, 0.29) is 11.9 Å². The van der Waals surface area contributed by atoms with Crippen molar-refractivity contribution >= 4 is 5.91 Å². The maximum atomic E-state index is 12.5. The molecular formula is C19H23NO3. The molecule has 2 aromatic carbocycles. The third-order valence-electron chi connectivity index (χ3n) is 4.10. The Balaban J connectivity index is 2.23. The normalized spacial score (nSPS) is 11.7. The number of rotatable bonds is 5. The van der Waals surface area contributed by atoms with Gasteiger partial charge in [0, 0.05) is 17.2 Å². The maximum absolute atomic E-state index is 12.5. The number of benzene rings is 2. The fourth-order valence-corrected chi connectivity index (χ4v) is 2.53. The van der Waals surface area contributed by atoms with Crippen LogP contribution in [0.15, 0.2) is 36.4 Å². The van der Waals surface area contributed by atoms with E-state index >= 15 is 0 Å². The highest BCUT2D eigenvalue weighted by Crippen LogP contribution is 2.29. The number of carbonyl (C=O) groups is 1. The molecule has 0 heterocycles. The summed E-state index contributed by atoms with van der Waals surface area (Å²) in [5.41, 5.74) is 3.71. The van der Waals surface area contributed by atoms with Crippen molar-refractivity contribution in [2.45, 2.75) is 26.8 Å². The van der Waals surface area contributed by atoms with Crippen LogP contribution in [0, 0.1) is 13.8 Å². The van der Waals surface area contributed by atoms with Crippen molar-refractivity contribution in [2.24, 2.45) is 0 Å². The minimum absolute atomic E-state index is 0.0865. The van der Waals surface area contributed by atoms with Crippen LogP contribution in [0.1, 0.15) is 40.0 Å². The molecule has 122 valence electrons. The Morgan fingerprint density at radius 3 is 2.48 bits per heavy atom. The Hall–Kier alpha value is -2.49. The van der Waals surface area contributed by atoms with E-state index in [1.807, 2.05) is 57.2 Å². The second kappa shape index (κ2) is 7.18. The standard InChI is InChI=1S/C19H23NO3/c1-12-7-6-8-16(13(12)2)19(21)20-14(3)17-10-9-15(22-4)11-18(17)23-5/h6-11,14H,1-5H3,(H,20,21). The number of hydrogen-bond donors (Lipinski definition) is 1. The number of amides is 1. The summed E-state index contributed by atoms with van der Waals surface area (Å²) in [6.07, 6.45) is 0. The maximum Gasteiger partial charge on any atom is 0.252 e. The number of aryl methyl sites for hydroxylation is 1. The zero-order chi connectivity index (χ0) is 17.0. The van der Waals surface area contributed by atoms with Crippen LogP contribution in [0.4, 0.5) is 0 Å². The summed E-state index contributed by atoms with van der Waals surface area (Å²) in [5, 5.41) is 3.03. The van der Waals surface area contributed by atoms with E-state index in [0.717, 1.165) is 22.4 Å². The Morgan fingerprint density at radius 2 is 1.83 bits per heavy atom. The lowest BCUT2D eigenvalue weighted by Crippen LogP contribution is -2.27. The number of carbonyl (C=O) groups excluding carboxylic acids is 1. The van der Waals surface area contributed by atoms with Crippen LogP contribution in [0.3, 0.4) is 0 Å². The molecule has 0 saturated carbocycles. The highest BCUT2D eigenvalue weighted by Gasteiger charge is 2.17. The van der Waals surface area contributed by atoms with Crippen LogP contribution in [0.5, 0.6) is 11.5 Å². The van der Waals surface area contributed by atoms with Crippen molar-refractivity contribution in [2.75, 3.05) is 14.2 Å². The van der Waals surface area contributed by atoms with Gasteiger partial charge < -0.3 is 14.8 Å². The van der Waals surface area contributed by atoms with Gasteiger partial charge in [-0.25, -0.2) is 0 Å². The van der Waals surface area contributed by atoms with Gasteiger partial charge in [-0.2, -0.15) is 0 Å². The molecule has 1 N–H and O–H groups in total. The Bertz CT molecular complexity index is 710. The van der Waals surface area contributed by atoms with Crippen LogP contribution >= 0.6 is 0 Å². The fraction of sp³-hybridized carbons (Fsp3) is 0.316. The molecule has 0 spiro atoms. The van der Waals surface area contributed by atoms with E-state index in [4.69, 9.17) is 9.47 Å². The summed E-state index contributed by atoms with van der Waals surface area (Å²) < 4.78 is 10.6. The van der Waals surface area contributed by atoms with Crippen molar-refractivity contribution in [1.82, 2.24) is 5.32 Å². The van der Waals surface area contributed by atoms with E-state index in [1.54, 1.807) is 14.2 Å². The van der Waals surface area contributed by atoms with E-state index in [1.165, 1.54) is 0 Å². The molecule has 0 saturated heterocycles. The van der Waals surface area contributed by atoms with Gasteiger partial charge in [-0.1, -0.05) is 12.1 Å². The molecule has 0 aliphatic carbocycles.